The van der Waals surface area contributed by atoms with Crippen molar-refractivity contribution < 1.29 is 19.4 Å². The Morgan fingerprint density at radius 2 is 1.63 bits per heavy atom. The van der Waals surface area contributed by atoms with Gasteiger partial charge in [0.25, 0.3) is 5.91 Å². The number of rotatable bonds is 9. The third-order valence-corrected chi connectivity index (χ3v) is 6.91. The summed E-state index contributed by atoms with van der Waals surface area (Å²) in [4.78, 5) is 26.4. The fourth-order valence-electron chi connectivity index (χ4n) is 4.96. The van der Waals surface area contributed by atoms with Crippen molar-refractivity contribution in [2.75, 3.05) is 20.2 Å². The third-order valence-electron chi connectivity index (χ3n) is 6.91. The lowest BCUT2D eigenvalue weighted by Gasteiger charge is -2.34. The molecule has 3 aromatic carbocycles. The summed E-state index contributed by atoms with van der Waals surface area (Å²) < 4.78 is 5.49. The van der Waals surface area contributed by atoms with Crippen molar-refractivity contribution in [2.45, 2.75) is 31.2 Å². The summed E-state index contributed by atoms with van der Waals surface area (Å²) in [6.45, 7) is 0.267. The van der Waals surface area contributed by atoms with Crippen LogP contribution in [-0.4, -0.2) is 42.1 Å². The number of carbonyl (C=O) groups excluding carboxylic acids is 1. The molecule has 6 heteroatoms. The van der Waals surface area contributed by atoms with Gasteiger partial charge in [0.2, 0.25) is 0 Å². The van der Waals surface area contributed by atoms with Crippen molar-refractivity contribution in [3.8, 4) is 5.75 Å². The number of carbonyl (C=O) groups is 2. The van der Waals surface area contributed by atoms with E-state index in [4.69, 9.17) is 15.6 Å². The molecule has 0 saturated heterocycles. The molecule has 0 radical (unpaired) electrons. The predicted octanol–water partition coefficient (Wildman–Crippen LogP) is 4.01. The van der Waals surface area contributed by atoms with Crippen molar-refractivity contribution >= 4 is 11.9 Å². The molecule has 35 heavy (non-hydrogen) atoms. The fourth-order valence-corrected chi connectivity index (χ4v) is 4.96. The van der Waals surface area contributed by atoms with Crippen molar-refractivity contribution in [3.63, 3.8) is 0 Å². The Labute approximate surface area is 206 Å². The lowest BCUT2D eigenvalue weighted by Crippen LogP contribution is -2.53. The monoisotopic (exact) mass is 472 g/mol. The molecule has 0 aromatic heterocycles. The van der Waals surface area contributed by atoms with Crippen LogP contribution in [0.5, 0.6) is 5.75 Å². The van der Waals surface area contributed by atoms with Crippen molar-refractivity contribution in [3.05, 3.63) is 101 Å². The molecule has 3 N–H and O–H groups in total. The smallest absolute Gasteiger partial charge is 0.341 e. The second-order valence-electron chi connectivity index (χ2n) is 9.24. The van der Waals surface area contributed by atoms with Gasteiger partial charge in [-0.1, -0.05) is 72.8 Å². The number of carboxylic acids is 1. The fraction of sp³-hybridized carbons (Fsp3) is 0.310. The first-order valence-corrected chi connectivity index (χ1v) is 12.0. The van der Waals surface area contributed by atoms with Crippen molar-refractivity contribution in [1.82, 2.24) is 4.90 Å². The van der Waals surface area contributed by atoms with Crippen LogP contribution in [0.1, 0.15) is 35.1 Å². The van der Waals surface area contributed by atoms with E-state index >= 15 is 0 Å². The van der Waals surface area contributed by atoms with Gasteiger partial charge in [0.1, 0.15) is 11.3 Å². The molecular formula is C29H32N2O4. The molecule has 182 valence electrons. The molecule has 1 aliphatic carbocycles. The number of likely N-dealkylation sites (N-methyl/N-ethyl adjacent to an activating group) is 1. The maximum atomic E-state index is 13.7. The maximum Gasteiger partial charge on any atom is 0.341 e. The number of ether oxygens (including phenoxy) is 1. The number of nitrogens with zero attached hydrogens (tertiary/aromatic N) is 1. The lowest BCUT2D eigenvalue weighted by atomic mass is 9.81. The van der Waals surface area contributed by atoms with Gasteiger partial charge < -0.3 is 20.5 Å². The summed E-state index contributed by atoms with van der Waals surface area (Å²) in [5, 5.41) is 8.92. The van der Waals surface area contributed by atoms with Crippen LogP contribution in [0.4, 0.5) is 0 Å². The summed E-state index contributed by atoms with van der Waals surface area (Å²) in [7, 11) is 1.82. The van der Waals surface area contributed by atoms with Crippen LogP contribution in [0.3, 0.4) is 0 Å². The van der Waals surface area contributed by atoms with Crippen LogP contribution >= 0.6 is 0 Å². The van der Waals surface area contributed by atoms with Gasteiger partial charge in [-0.05, 0) is 59.9 Å². The van der Waals surface area contributed by atoms with Crippen molar-refractivity contribution in [2.24, 2.45) is 11.7 Å². The van der Waals surface area contributed by atoms with Crippen LogP contribution in [0.2, 0.25) is 0 Å². The van der Waals surface area contributed by atoms with Gasteiger partial charge in [0.05, 0.1) is 0 Å². The molecule has 0 fully saturated rings. The second-order valence-corrected chi connectivity index (χ2v) is 9.24. The Kier molecular flexibility index (Phi) is 7.51. The molecular weight excluding hydrogens is 440 g/mol. The molecule has 3 aromatic rings. The summed E-state index contributed by atoms with van der Waals surface area (Å²) >= 11 is 0. The number of hydrogen-bond acceptors (Lipinski definition) is 4. The maximum absolute atomic E-state index is 13.7. The summed E-state index contributed by atoms with van der Waals surface area (Å²) in [6.07, 6.45) is 3.55. The van der Waals surface area contributed by atoms with Crippen LogP contribution in [0.15, 0.2) is 78.9 Å². The van der Waals surface area contributed by atoms with Crippen LogP contribution in [0.25, 0.3) is 0 Å². The van der Waals surface area contributed by atoms with Gasteiger partial charge in [-0.15, -0.1) is 0 Å². The molecule has 6 nitrogen and oxygen atoms in total. The lowest BCUT2D eigenvalue weighted by molar-refractivity contribution is -0.139. The minimum atomic E-state index is -1.26. The minimum Gasteiger partial charge on any atom is -0.482 e. The Hall–Kier alpha value is -3.64. The number of carboxylic acid groups (broad SMARTS) is 1. The van der Waals surface area contributed by atoms with Gasteiger partial charge in [0.15, 0.2) is 6.61 Å². The van der Waals surface area contributed by atoms with E-state index in [1.165, 1.54) is 5.56 Å². The number of nitrogens with two attached hydrogens (primary N) is 1. The van der Waals surface area contributed by atoms with Crippen molar-refractivity contribution in [1.29, 1.82) is 0 Å². The van der Waals surface area contributed by atoms with E-state index in [1.807, 2.05) is 79.8 Å². The number of hydrogen-bond donors (Lipinski definition) is 2. The zero-order valence-electron chi connectivity index (χ0n) is 20.0. The molecule has 0 heterocycles. The molecule has 0 saturated carbocycles. The van der Waals surface area contributed by atoms with E-state index in [0.717, 1.165) is 42.4 Å². The molecule has 0 bridgehead atoms. The van der Waals surface area contributed by atoms with E-state index < -0.39 is 11.5 Å². The number of amides is 1. The highest BCUT2D eigenvalue weighted by molar-refractivity contribution is 5.91. The summed E-state index contributed by atoms with van der Waals surface area (Å²) in [5.41, 5.74) is 9.45. The molecule has 1 unspecified atom stereocenters. The van der Waals surface area contributed by atoms with Gasteiger partial charge >= 0.3 is 5.97 Å². The number of aliphatic carboxylic acids is 1. The third kappa shape index (κ3) is 5.38. The highest BCUT2D eigenvalue weighted by atomic mass is 16.5. The Morgan fingerprint density at radius 3 is 2.23 bits per heavy atom. The Bertz CT molecular complexity index is 1120. The zero-order valence-corrected chi connectivity index (χ0v) is 20.0. The van der Waals surface area contributed by atoms with E-state index in [9.17, 15) is 9.59 Å². The van der Waals surface area contributed by atoms with E-state index in [-0.39, 0.29) is 12.5 Å². The molecule has 1 amide bonds. The van der Waals surface area contributed by atoms with Crippen LogP contribution in [-0.2, 0) is 28.0 Å². The topological polar surface area (TPSA) is 92.9 Å². The second kappa shape index (κ2) is 10.7. The van der Waals surface area contributed by atoms with E-state index in [1.54, 1.807) is 4.90 Å². The number of benzene rings is 3. The highest BCUT2D eigenvalue weighted by Gasteiger charge is 2.40. The molecule has 1 aliphatic rings. The first-order valence-electron chi connectivity index (χ1n) is 12.0. The zero-order chi connectivity index (χ0) is 24.8. The molecule has 4 rings (SSSR count). The summed E-state index contributed by atoms with van der Waals surface area (Å²) in [6, 6.07) is 24.9. The van der Waals surface area contributed by atoms with Crippen LogP contribution in [0, 0.1) is 5.92 Å². The largest absolute Gasteiger partial charge is 0.482 e. The van der Waals surface area contributed by atoms with E-state index in [2.05, 4.69) is 6.07 Å². The van der Waals surface area contributed by atoms with Gasteiger partial charge in [-0.25, -0.2) is 4.79 Å². The SMILES string of the molecule is CN(CCC1CCc2c(cccc2OCC(=O)O)C1)C(=O)C(N)(c1ccccc1)c1ccccc1. The molecule has 0 aliphatic heterocycles. The Morgan fingerprint density at radius 1 is 1.00 bits per heavy atom. The van der Waals surface area contributed by atoms with Crippen LogP contribution < -0.4 is 10.5 Å². The van der Waals surface area contributed by atoms with Gasteiger partial charge in [0, 0.05) is 13.6 Å². The first kappa shape index (κ1) is 24.5. The molecule has 0 spiro atoms. The number of fused-ring (bicyclic) bond motifs is 1. The van der Waals surface area contributed by atoms with Gasteiger partial charge in [-0.3, -0.25) is 4.79 Å². The summed E-state index contributed by atoms with van der Waals surface area (Å²) in [5.74, 6) is -0.0242. The normalized spacial score (nSPS) is 15.2. The minimum absolute atomic E-state index is 0.129. The average molecular weight is 473 g/mol. The first-order chi connectivity index (χ1) is 16.9. The standard InChI is InChI=1S/C29H32N2O4/c1-31(28(34)29(30,23-10-4-2-5-11-23)24-12-6-3-7-13-24)18-17-21-15-16-25-22(19-21)9-8-14-26(25)35-20-27(32)33/h2-14,21H,15-20,30H2,1H3,(H,32,33). The average Bonchev–Trinajstić information content (AvgIpc) is 2.90. The predicted molar refractivity (Wildman–Crippen MR) is 135 cm³/mol. The quantitative estimate of drug-likeness (QED) is 0.491. The Balaban J connectivity index is 1.45. The van der Waals surface area contributed by atoms with Gasteiger partial charge in [-0.2, -0.15) is 0 Å². The van der Waals surface area contributed by atoms with E-state index in [0.29, 0.717) is 18.2 Å². The molecule has 1 atom stereocenters. The highest BCUT2D eigenvalue weighted by Crippen LogP contribution is 2.34.